The molecule has 0 spiro atoms. The summed E-state index contributed by atoms with van der Waals surface area (Å²) in [5.74, 6) is 0.409. The summed E-state index contributed by atoms with van der Waals surface area (Å²) < 4.78 is 5.60. The first kappa shape index (κ1) is 16.4. The van der Waals surface area contributed by atoms with Crippen LogP contribution in [0.25, 0.3) is 0 Å². The minimum absolute atomic E-state index is 0.0291. The predicted molar refractivity (Wildman–Crippen MR) is 85.1 cm³/mol. The first-order valence-corrected chi connectivity index (χ1v) is 7.96. The van der Waals surface area contributed by atoms with Gasteiger partial charge in [-0.2, -0.15) is 0 Å². The summed E-state index contributed by atoms with van der Waals surface area (Å²) in [5, 5.41) is 7.14. The van der Waals surface area contributed by atoms with Crippen LogP contribution in [-0.2, 0) is 11.3 Å². The smallest absolute Gasteiger partial charge is 0.258 e. The maximum atomic E-state index is 11.7. The van der Waals surface area contributed by atoms with E-state index in [-0.39, 0.29) is 12.5 Å². The van der Waals surface area contributed by atoms with Gasteiger partial charge in [0.25, 0.3) is 5.91 Å². The van der Waals surface area contributed by atoms with E-state index >= 15 is 0 Å². The van der Waals surface area contributed by atoms with Gasteiger partial charge in [-0.25, -0.2) is 0 Å². The maximum absolute atomic E-state index is 11.7. The Balaban J connectivity index is 1.99. The highest BCUT2D eigenvalue weighted by atomic mass is 35.5. The van der Waals surface area contributed by atoms with Crippen molar-refractivity contribution in [1.82, 2.24) is 10.6 Å². The Morgan fingerprint density at radius 1 is 1.38 bits per heavy atom. The molecule has 21 heavy (non-hydrogen) atoms. The number of rotatable bonds is 8. The van der Waals surface area contributed by atoms with E-state index in [9.17, 15) is 4.79 Å². The van der Waals surface area contributed by atoms with E-state index in [4.69, 9.17) is 27.9 Å². The van der Waals surface area contributed by atoms with E-state index in [0.29, 0.717) is 28.4 Å². The maximum Gasteiger partial charge on any atom is 0.258 e. The lowest BCUT2D eigenvalue weighted by molar-refractivity contribution is -0.123. The Morgan fingerprint density at radius 3 is 2.81 bits per heavy atom. The van der Waals surface area contributed by atoms with Crippen LogP contribution in [0.1, 0.15) is 31.7 Å². The van der Waals surface area contributed by atoms with Crippen LogP contribution in [0.2, 0.25) is 10.0 Å². The van der Waals surface area contributed by atoms with Crippen molar-refractivity contribution in [3.63, 3.8) is 0 Å². The number of amides is 1. The Labute approximate surface area is 135 Å². The lowest BCUT2D eigenvalue weighted by Gasteiger charge is -2.14. The van der Waals surface area contributed by atoms with Gasteiger partial charge in [0.1, 0.15) is 5.75 Å². The van der Waals surface area contributed by atoms with Crippen LogP contribution in [0.15, 0.2) is 12.1 Å². The molecule has 1 amide bonds. The number of nitrogens with one attached hydrogen (secondary N) is 2. The van der Waals surface area contributed by atoms with Gasteiger partial charge in [0.2, 0.25) is 0 Å². The van der Waals surface area contributed by atoms with Crippen LogP contribution in [0, 0.1) is 0 Å². The van der Waals surface area contributed by atoms with Gasteiger partial charge < -0.3 is 15.4 Å². The van der Waals surface area contributed by atoms with Gasteiger partial charge in [0, 0.05) is 23.2 Å². The molecule has 1 aromatic carbocycles. The Bertz CT molecular complexity index is 505. The zero-order valence-corrected chi connectivity index (χ0v) is 13.6. The normalized spacial score (nSPS) is 14.0. The highest BCUT2D eigenvalue weighted by molar-refractivity contribution is 6.35. The van der Waals surface area contributed by atoms with Crippen LogP contribution in [-0.4, -0.2) is 25.1 Å². The largest absolute Gasteiger partial charge is 0.482 e. The summed E-state index contributed by atoms with van der Waals surface area (Å²) in [4.78, 5) is 11.7. The second-order valence-corrected chi connectivity index (χ2v) is 6.03. The molecule has 1 fully saturated rings. The molecule has 6 heteroatoms. The number of carbonyl (C=O) groups is 1. The summed E-state index contributed by atoms with van der Waals surface area (Å²) in [6.07, 6.45) is 3.15. The lowest BCUT2D eigenvalue weighted by Crippen LogP contribution is -2.30. The summed E-state index contributed by atoms with van der Waals surface area (Å²) in [6.45, 7) is 3.57. The van der Waals surface area contributed by atoms with Crippen molar-refractivity contribution in [2.45, 2.75) is 38.8 Å². The fraction of sp³-hybridized carbons (Fsp3) is 0.533. The van der Waals surface area contributed by atoms with E-state index in [1.165, 1.54) is 0 Å². The molecular formula is C15H20Cl2N2O2. The van der Waals surface area contributed by atoms with Crippen molar-refractivity contribution in [2.24, 2.45) is 0 Å². The highest BCUT2D eigenvalue weighted by Gasteiger charge is 2.23. The van der Waals surface area contributed by atoms with Gasteiger partial charge in [0.05, 0.1) is 5.02 Å². The highest BCUT2D eigenvalue weighted by Crippen LogP contribution is 2.32. The molecule has 1 aliphatic carbocycles. The third-order valence-electron chi connectivity index (χ3n) is 3.12. The van der Waals surface area contributed by atoms with Crippen LogP contribution in [0.5, 0.6) is 5.75 Å². The quantitative estimate of drug-likeness (QED) is 0.720. The van der Waals surface area contributed by atoms with Gasteiger partial charge in [-0.3, -0.25) is 4.79 Å². The Hall–Kier alpha value is -0.970. The van der Waals surface area contributed by atoms with Gasteiger partial charge in [-0.15, -0.1) is 0 Å². The molecule has 1 aliphatic rings. The Morgan fingerprint density at radius 2 is 2.14 bits per heavy atom. The molecule has 116 valence electrons. The summed E-state index contributed by atoms with van der Waals surface area (Å²) in [5.41, 5.74) is 0.861. The molecule has 0 unspecified atom stereocenters. The fourth-order valence-electron chi connectivity index (χ4n) is 1.94. The molecule has 0 aliphatic heterocycles. The molecule has 0 atom stereocenters. The van der Waals surface area contributed by atoms with Gasteiger partial charge in [-0.1, -0.05) is 30.1 Å². The molecule has 0 radical (unpaired) electrons. The lowest BCUT2D eigenvalue weighted by atomic mass is 10.2. The van der Waals surface area contributed by atoms with Crippen LogP contribution in [0.4, 0.5) is 0 Å². The van der Waals surface area contributed by atoms with Crippen molar-refractivity contribution < 1.29 is 9.53 Å². The number of halogens is 2. The van der Waals surface area contributed by atoms with E-state index in [0.717, 1.165) is 31.4 Å². The van der Waals surface area contributed by atoms with Gasteiger partial charge in [-0.05, 0) is 37.9 Å². The molecule has 2 rings (SSSR count). The molecule has 0 aromatic heterocycles. The summed E-state index contributed by atoms with van der Waals surface area (Å²) >= 11 is 12.2. The standard InChI is InChI=1S/C15H20Cl2N2O2/c1-2-5-18-8-10-6-11(16)7-13(17)15(10)21-9-14(20)19-12-3-4-12/h6-7,12,18H,2-5,8-9H2,1H3,(H,19,20). The van der Waals surface area contributed by atoms with Gasteiger partial charge in [0.15, 0.2) is 6.61 Å². The summed E-state index contributed by atoms with van der Waals surface area (Å²) in [6, 6.07) is 3.76. The number of ether oxygens (including phenoxy) is 1. The third kappa shape index (κ3) is 5.38. The number of hydrogen-bond acceptors (Lipinski definition) is 3. The zero-order chi connectivity index (χ0) is 15.2. The second-order valence-electron chi connectivity index (χ2n) is 5.18. The molecule has 0 bridgehead atoms. The average molecular weight is 331 g/mol. The minimum atomic E-state index is -0.115. The first-order chi connectivity index (χ1) is 10.1. The molecular weight excluding hydrogens is 311 g/mol. The van der Waals surface area contributed by atoms with Crippen molar-refractivity contribution >= 4 is 29.1 Å². The molecule has 1 aromatic rings. The molecule has 0 saturated heterocycles. The Kier molecular flexibility index (Phi) is 6.15. The molecule has 0 heterocycles. The molecule has 1 saturated carbocycles. The van der Waals surface area contributed by atoms with E-state index in [1.807, 2.05) is 6.07 Å². The van der Waals surface area contributed by atoms with Crippen molar-refractivity contribution in [3.8, 4) is 5.75 Å². The van der Waals surface area contributed by atoms with E-state index < -0.39 is 0 Å². The summed E-state index contributed by atoms with van der Waals surface area (Å²) in [7, 11) is 0. The van der Waals surface area contributed by atoms with E-state index in [1.54, 1.807) is 6.07 Å². The van der Waals surface area contributed by atoms with Crippen LogP contribution < -0.4 is 15.4 Å². The SMILES string of the molecule is CCCNCc1cc(Cl)cc(Cl)c1OCC(=O)NC1CC1. The monoisotopic (exact) mass is 330 g/mol. The predicted octanol–water partition coefficient (Wildman–Crippen LogP) is 3.15. The number of benzene rings is 1. The fourth-order valence-corrected chi connectivity index (χ4v) is 2.53. The van der Waals surface area contributed by atoms with Crippen LogP contribution >= 0.6 is 23.2 Å². The molecule has 4 nitrogen and oxygen atoms in total. The molecule has 2 N–H and O–H groups in total. The van der Waals surface area contributed by atoms with E-state index in [2.05, 4.69) is 17.6 Å². The van der Waals surface area contributed by atoms with Crippen molar-refractivity contribution in [1.29, 1.82) is 0 Å². The number of hydrogen-bond donors (Lipinski definition) is 2. The van der Waals surface area contributed by atoms with Gasteiger partial charge >= 0.3 is 0 Å². The minimum Gasteiger partial charge on any atom is -0.482 e. The van der Waals surface area contributed by atoms with Crippen molar-refractivity contribution in [2.75, 3.05) is 13.2 Å². The average Bonchev–Trinajstić information content (AvgIpc) is 3.21. The third-order valence-corrected chi connectivity index (χ3v) is 3.62. The first-order valence-electron chi connectivity index (χ1n) is 7.21. The van der Waals surface area contributed by atoms with Crippen molar-refractivity contribution in [3.05, 3.63) is 27.7 Å². The second kappa shape index (κ2) is 7.87. The topological polar surface area (TPSA) is 50.4 Å². The number of carbonyl (C=O) groups excluding carboxylic acids is 1. The zero-order valence-electron chi connectivity index (χ0n) is 12.0. The van der Waals surface area contributed by atoms with Crippen LogP contribution in [0.3, 0.4) is 0 Å².